The number of nitrogens with one attached hydrogen (secondary N) is 1. The monoisotopic (exact) mass is 469 g/mol. The summed E-state index contributed by atoms with van der Waals surface area (Å²) in [5.74, 6) is 0.0464. The van der Waals surface area contributed by atoms with Crippen molar-refractivity contribution in [3.8, 4) is 11.4 Å². The minimum atomic E-state index is -0.362. The lowest BCUT2D eigenvalue weighted by Gasteiger charge is -2.02. The number of carbonyl (C=O) groups is 1. The highest BCUT2D eigenvalue weighted by atomic mass is 35.5. The van der Waals surface area contributed by atoms with Gasteiger partial charge in [-0.15, -0.1) is 11.3 Å². The molecule has 4 rings (SSSR count). The van der Waals surface area contributed by atoms with Crippen molar-refractivity contribution in [3.63, 3.8) is 0 Å². The molecule has 0 aliphatic heterocycles. The van der Waals surface area contributed by atoms with Crippen molar-refractivity contribution in [2.45, 2.75) is 6.92 Å². The molecule has 0 saturated carbocycles. The Balaban J connectivity index is 1.70. The second-order valence-electron chi connectivity index (χ2n) is 6.84. The molecule has 0 aliphatic rings. The smallest absolute Gasteiger partial charge is 0.266 e. The molecular formula is C23H17ClFN3O3S. The highest BCUT2D eigenvalue weighted by molar-refractivity contribution is 7.07. The van der Waals surface area contributed by atoms with Crippen molar-refractivity contribution in [1.29, 1.82) is 0 Å². The van der Waals surface area contributed by atoms with Crippen LogP contribution in [0, 0.1) is 12.7 Å². The number of ketones is 1. The van der Waals surface area contributed by atoms with Gasteiger partial charge in [-0.3, -0.25) is 9.59 Å². The normalized spacial score (nSPS) is 12.4. The van der Waals surface area contributed by atoms with E-state index in [9.17, 15) is 14.0 Å². The first-order valence-corrected chi connectivity index (χ1v) is 10.7. The van der Waals surface area contributed by atoms with Crippen molar-refractivity contribution in [2.75, 3.05) is 7.11 Å². The number of halogens is 2. The maximum Gasteiger partial charge on any atom is 0.266 e. The van der Waals surface area contributed by atoms with E-state index in [1.165, 1.54) is 22.9 Å². The molecule has 6 nitrogen and oxygen atoms in total. The van der Waals surface area contributed by atoms with Crippen LogP contribution in [-0.4, -0.2) is 27.7 Å². The quantitative estimate of drug-likeness (QED) is 0.455. The molecule has 0 spiro atoms. The zero-order valence-electron chi connectivity index (χ0n) is 17.1. The van der Waals surface area contributed by atoms with E-state index in [0.29, 0.717) is 42.6 Å². The second kappa shape index (κ2) is 8.94. The van der Waals surface area contributed by atoms with Gasteiger partial charge in [0.1, 0.15) is 16.7 Å². The number of aryl methyl sites for hydroxylation is 1. The average Bonchev–Trinajstić information content (AvgIpc) is 3.27. The summed E-state index contributed by atoms with van der Waals surface area (Å²) in [6.07, 6.45) is 3.00. The number of rotatable bonds is 5. The summed E-state index contributed by atoms with van der Waals surface area (Å²) in [6.45, 7) is 1.76. The van der Waals surface area contributed by atoms with E-state index in [0.717, 1.165) is 11.3 Å². The molecule has 2 aromatic carbocycles. The van der Waals surface area contributed by atoms with Crippen LogP contribution >= 0.6 is 22.9 Å². The van der Waals surface area contributed by atoms with Crippen LogP contribution in [0.3, 0.4) is 0 Å². The third kappa shape index (κ3) is 4.42. The van der Waals surface area contributed by atoms with E-state index in [1.807, 2.05) is 0 Å². The van der Waals surface area contributed by atoms with Crippen LogP contribution in [0.15, 0.2) is 53.3 Å². The molecule has 0 unspecified atom stereocenters. The van der Waals surface area contributed by atoms with Crippen molar-refractivity contribution in [1.82, 2.24) is 14.8 Å². The molecule has 0 aliphatic carbocycles. The number of methoxy groups -OCH3 is 1. The Morgan fingerprint density at radius 1 is 1.19 bits per heavy atom. The lowest BCUT2D eigenvalue weighted by molar-refractivity contribution is 0.106. The number of Topliss-reactive ketones (excluding diaryl/α,β-unsaturated/α-hetero) is 1. The standard InChI is InChI=1S/C23H17ClFN3O3S/c1-13-18(22(24)28(27-13)16-7-5-15(25)6-8-16)11-20-23(30)26-21(32-20)12-19(29)14-3-9-17(31-2)10-4-14/h3-12H,1-2H3,(H,26,30)/b20-11+,21-12+. The first-order chi connectivity index (χ1) is 15.4. The third-order valence-electron chi connectivity index (χ3n) is 4.71. The van der Waals surface area contributed by atoms with E-state index in [4.69, 9.17) is 16.3 Å². The van der Waals surface area contributed by atoms with E-state index in [1.54, 1.807) is 56.5 Å². The topological polar surface area (TPSA) is 77.0 Å². The summed E-state index contributed by atoms with van der Waals surface area (Å²) in [4.78, 5) is 27.6. The van der Waals surface area contributed by atoms with Gasteiger partial charge in [0.05, 0.1) is 27.7 Å². The van der Waals surface area contributed by atoms with Crippen LogP contribution in [0.1, 0.15) is 21.6 Å². The van der Waals surface area contributed by atoms with Crippen LogP contribution in [0.4, 0.5) is 4.39 Å². The van der Waals surface area contributed by atoms with Gasteiger partial charge in [0.2, 0.25) is 0 Å². The Bertz CT molecular complexity index is 1470. The van der Waals surface area contributed by atoms with Crippen LogP contribution in [0.5, 0.6) is 5.75 Å². The number of thiazole rings is 1. The minimum Gasteiger partial charge on any atom is -0.497 e. The van der Waals surface area contributed by atoms with Gasteiger partial charge in [0.25, 0.3) is 5.56 Å². The summed E-state index contributed by atoms with van der Waals surface area (Å²) < 4.78 is 20.6. The summed E-state index contributed by atoms with van der Waals surface area (Å²) in [7, 11) is 1.55. The van der Waals surface area contributed by atoms with Crippen LogP contribution in [0.25, 0.3) is 17.8 Å². The van der Waals surface area contributed by atoms with Crippen LogP contribution in [-0.2, 0) is 0 Å². The zero-order valence-corrected chi connectivity index (χ0v) is 18.6. The van der Waals surface area contributed by atoms with Gasteiger partial charge in [0.15, 0.2) is 5.78 Å². The Labute approximate surface area is 190 Å². The Morgan fingerprint density at radius 2 is 1.88 bits per heavy atom. The molecule has 0 saturated heterocycles. The molecule has 32 heavy (non-hydrogen) atoms. The lowest BCUT2D eigenvalue weighted by atomic mass is 10.1. The van der Waals surface area contributed by atoms with Gasteiger partial charge in [-0.2, -0.15) is 5.10 Å². The molecular weight excluding hydrogens is 453 g/mol. The number of ether oxygens (including phenoxy) is 1. The van der Waals surface area contributed by atoms with Crippen molar-refractivity contribution in [2.24, 2.45) is 0 Å². The van der Waals surface area contributed by atoms with Gasteiger partial charge in [-0.25, -0.2) is 9.07 Å². The van der Waals surface area contributed by atoms with Crippen molar-refractivity contribution < 1.29 is 13.9 Å². The molecule has 4 aromatic rings. The lowest BCUT2D eigenvalue weighted by Crippen LogP contribution is -2.20. The van der Waals surface area contributed by atoms with E-state index in [-0.39, 0.29) is 17.2 Å². The van der Waals surface area contributed by atoms with E-state index in [2.05, 4.69) is 10.1 Å². The highest BCUT2D eigenvalue weighted by Gasteiger charge is 2.13. The van der Waals surface area contributed by atoms with Crippen LogP contribution in [0.2, 0.25) is 5.15 Å². The van der Waals surface area contributed by atoms with E-state index < -0.39 is 0 Å². The molecule has 0 amide bonds. The summed E-state index contributed by atoms with van der Waals surface area (Å²) >= 11 is 7.64. The largest absolute Gasteiger partial charge is 0.497 e. The first-order valence-electron chi connectivity index (χ1n) is 9.48. The van der Waals surface area contributed by atoms with Crippen LogP contribution < -0.4 is 19.5 Å². The van der Waals surface area contributed by atoms with Gasteiger partial charge < -0.3 is 9.72 Å². The predicted molar refractivity (Wildman–Crippen MR) is 123 cm³/mol. The SMILES string of the molecule is COc1ccc(C(=O)/C=c2\[nH]c(=O)/c(=C\c3c(C)nn(-c4ccc(F)cc4)c3Cl)s2)cc1. The number of hydrogen-bond acceptors (Lipinski definition) is 5. The van der Waals surface area contributed by atoms with E-state index >= 15 is 0 Å². The zero-order chi connectivity index (χ0) is 22.8. The highest BCUT2D eigenvalue weighted by Crippen LogP contribution is 2.24. The van der Waals surface area contributed by atoms with Gasteiger partial charge in [-0.1, -0.05) is 11.6 Å². The fraction of sp³-hybridized carbons (Fsp3) is 0.0870. The Kier molecular flexibility index (Phi) is 6.07. The average molecular weight is 470 g/mol. The molecule has 0 radical (unpaired) electrons. The molecule has 0 bridgehead atoms. The number of nitrogens with zero attached hydrogens (tertiary/aromatic N) is 2. The molecule has 1 N–H and O–H groups in total. The van der Waals surface area contributed by atoms with Crippen molar-refractivity contribution in [3.05, 3.63) is 95.9 Å². The number of benzene rings is 2. The third-order valence-corrected chi connectivity index (χ3v) is 6.04. The Hall–Kier alpha value is -3.49. The number of carbonyl (C=O) groups excluding carboxylic acids is 1. The number of hydrogen-bond donors (Lipinski definition) is 1. The van der Waals surface area contributed by atoms with Crippen molar-refractivity contribution >= 4 is 40.9 Å². The predicted octanol–water partition coefficient (Wildman–Crippen LogP) is 3.22. The molecule has 2 heterocycles. The fourth-order valence-electron chi connectivity index (χ4n) is 3.04. The molecule has 162 valence electrons. The maximum absolute atomic E-state index is 13.2. The number of aromatic nitrogens is 3. The maximum atomic E-state index is 13.2. The molecule has 2 aromatic heterocycles. The minimum absolute atomic E-state index is 0.241. The second-order valence-corrected chi connectivity index (χ2v) is 8.29. The fourth-order valence-corrected chi connectivity index (χ4v) is 4.24. The summed E-state index contributed by atoms with van der Waals surface area (Å²) in [5, 5.41) is 4.69. The number of H-pyrrole nitrogens is 1. The first kappa shape index (κ1) is 21.7. The summed E-state index contributed by atoms with van der Waals surface area (Å²) in [6, 6.07) is 12.5. The molecule has 0 fully saturated rings. The van der Waals surface area contributed by atoms with Gasteiger partial charge in [0, 0.05) is 17.2 Å². The van der Waals surface area contributed by atoms with Gasteiger partial charge in [-0.05, 0) is 61.5 Å². The number of aromatic amines is 1. The summed E-state index contributed by atoms with van der Waals surface area (Å²) in [5.41, 5.74) is 1.90. The molecule has 0 atom stereocenters. The Morgan fingerprint density at radius 3 is 2.53 bits per heavy atom. The molecule has 9 heteroatoms. The van der Waals surface area contributed by atoms with Gasteiger partial charge >= 0.3 is 0 Å².